The van der Waals surface area contributed by atoms with E-state index in [1.807, 2.05) is 30.1 Å². The molecule has 2 aliphatic heterocycles. The maximum atomic E-state index is 12.2. The second-order valence-electron chi connectivity index (χ2n) is 7.31. The number of nitrogens with zero attached hydrogens (tertiary/aromatic N) is 1. The van der Waals surface area contributed by atoms with E-state index in [2.05, 4.69) is 48.9 Å². The molecule has 2 heterocycles. The van der Waals surface area contributed by atoms with Crippen LogP contribution in [-0.4, -0.2) is 49.2 Å². The maximum absolute atomic E-state index is 12.2. The van der Waals surface area contributed by atoms with Crippen molar-refractivity contribution in [1.29, 1.82) is 0 Å². The van der Waals surface area contributed by atoms with E-state index >= 15 is 0 Å². The van der Waals surface area contributed by atoms with Crippen molar-refractivity contribution < 1.29 is 9.59 Å². The molecule has 1 aromatic carbocycles. The van der Waals surface area contributed by atoms with Crippen molar-refractivity contribution in [3.05, 3.63) is 35.9 Å². The number of hydrogen-bond acceptors (Lipinski definition) is 3. The summed E-state index contributed by atoms with van der Waals surface area (Å²) < 4.78 is 0. The number of nitrogens with one attached hydrogen (secondary N) is 3. The highest BCUT2D eigenvalue weighted by Crippen LogP contribution is 2.27. The second-order valence-corrected chi connectivity index (χ2v) is 7.31. The van der Waals surface area contributed by atoms with Gasteiger partial charge >= 0.3 is 6.03 Å². The number of likely N-dealkylation sites (N-methyl/N-ethyl adjacent to an activating group) is 1. The van der Waals surface area contributed by atoms with Crippen molar-refractivity contribution in [2.45, 2.75) is 39.4 Å². The zero-order valence-electron chi connectivity index (χ0n) is 15.3. The van der Waals surface area contributed by atoms with Gasteiger partial charge in [0.1, 0.15) is 0 Å². The van der Waals surface area contributed by atoms with E-state index in [1.54, 1.807) is 0 Å². The van der Waals surface area contributed by atoms with Crippen LogP contribution >= 0.6 is 12.4 Å². The van der Waals surface area contributed by atoms with Crippen molar-refractivity contribution in [2.24, 2.45) is 5.41 Å². The lowest BCUT2D eigenvalue weighted by Gasteiger charge is -2.32. The van der Waals surface area contributed by atoms with E-state index in [9.17, 15) is 9.59 Å². The Morgan fingerprint density at radius 2 is 1.64 bits per heavy atom. The van der Waals surface area contributed by atoms with Crippen LogP contribution in [-0.2, 0) is 11.2 Å². The lowest BCUT2D eigenvalue weighted by Crippen LogP contribution is -2.45. The first-order chi connectivity index (χ1) is 11.3. The summed E-state index contributed by atoms with van der Waals surface area (Å²) in [5.74, 6) is 0.193. The highest BCUT2D eigenvalue weighted by molar-refractivity contribution is 5.85. The van der Waals surface area contributed by atoms with E-state index < -0.39 is 0 Å². The van der Waals surface area contributed by atoms with Crippen molar-refractivity contribution in [1.82, 2.24) is 20.9 Å². The van der Waals surface area contributed by atoms with Gasteiger partial charge in [0.05, 0.1) is 12.2 Å². The van der Waals surface area contributed by atoms with Crippen LogP contribution in [0.15, 0.2) is 30.3 Å². The van der Waals surface area contributed by atoms with Crippen LogP contribution in [0.3, 0.4) is 0 Å². The number of benzene rings is 1. The van der Waals surface area contributed by atoms with E-state index in [4.69, 9.17) is 0 Å². The molecule has 2 fully saturated rings. The Morgan fingerprint density at radius 3 is 2.04 bits per heavy atom. The molecule has 0 unspecified atom stereocenters. The third kappa shape index (κ3) is 5.90. The number of rotatable bonds is 2. The van der Waals surface area contributed by atoms with Crippen LogP contribution in [0.1, 0.15) is 26.3 Å². The maximum Gasteiger partial charge on any atom is 0.314 e. The molecule has 2 aliphatic rings. The summed E-state index contributed by atoms with van der Waals surface area (Å²) in [7, 11) is 1.89. The largest absolute Gasteiger partial charge is 0.336 e. The normalized spacial score (nSPS) is 22.5. The van der Waals surface area contributed by atoms with Gasteiger partial charge in [-0.2, -0.15) is 0 Å². The molecule has 0 aliphatic carbocycles. The Morgan fingerprint density at radius 1 is 1.08 bits per heavy atom. The molecule has 7 heteroatoms. The van der Waals surface area contributed by atoms with E-state index in [1.165, 1.54) is 5.56 Å². The van der Waals surface area contributed by atoms with Gasteiger partial charge in [0, 0.05) is 20.1 Å². The first-order valence-electron chi connectivity index (χ1n) is 8.37. The minimum Gasteiger partial charge on any atom is -0.336 e. The molecule has 1 aromatic rings. The molecule has 2 saturated heterocycles. The number of hydrogen-bond donors (Lipinski definition) is 3. The van der Waals surface area contributed by atoms with Gasteiger partial charge in [-0.25, -0.2) is 4.79 Å². The zero-order valence-corrected chi connectivity index (χ0v) is 16.2. The molecule has 2 atom stereocenters. The monoisotopic (exact) mass is 368 g/mol. The minimum atomic E-state index is -0.0957. The van der Waals surface area contributed by atoms with E-state index in [0.29, 0.717) is 0 Å². The van der Waals surface area contributed by atoms with Gasteiger partial charge in [-0.1, -0.05) is 51.1 Å². The van der Waals surface area contributed by atoms with Crippen LogP contribution < -0.4 is 16.0 Å². The molecular weight excluding hydrogens is 340 g/mol. The summed E-state index contributed by atoms with van der Waals surface area (Å²) >= 11 is 0. The quantitative estimate of drug-likeness (QED) is 0.744. The number of urea groups is 1. The lowest BCUT2D eigenvalue weighted by atomic mass is 9.92. The average Bonchev–Trinajstić information content (AvgIpc) is 3.11. The number of carbonyl (C=O) groups excluding carboxylic acids is 2. The molecule has 0 saturated carbocycles. The van der Waals surface area contributed by atoms with Gasteiger partial charge in [-0.15, -0.1) is 12.4 Å². The fraction of sp³-hybridized carbons (Fsp3) is 0.556. The standard InChI is InChI=1S/C15H22N2O.C3H6N2O.ClH/c1-15(2,3)14-16-12(13(18)17(14)4)10-11-8-6-5-7-9-11;6-3-4-1-2-5-3;/h5-9,12,14,16H,10H2,1-4H3;1-2H2,(H2,4,5,6);1H/t12-,14-;;/m0../s1. The van der Waals surface area contributed by atoms with E-state index in [-0.39, 0.29) is 42.0 Å². The van der Waals surface area contributed by atoms with Crippen LogP contribution in [0.4, 0.5) is 4.79 Å². The highest BCUT2D eigenvalue weighted by Gasteiger charge is 2.41. The van der Waals surface area contributed by atoms with Crippen molar-refractivity contribution >= 4 is 24.3 Å². The Hall–Kier alpha value is -1.79. The third-order valence-electron chi connectivity index (χ3n) is 4.19. The number of halogens is 1. The molecule has 0 spiro atoms. The SMILES string of the molecule is CN1C(=O)[C@H](Cc2ccccc2)N[C@@H]1C(C)(C)C.Cl.O=C1NCCN1. The van der Waals surface area contributed by atoms with Gasteiger partial charge in [-0.05, 0) is 17.4 Å². The van der Waals surface area contributed by atoms with Crippen LogP contribution in [0.25, 0.3) is 0 Å². The van der Waals surface area contributed by atoms with Gasteiger partial charge in [0.25, 0.3) is 0 Å². The Labute approximate surface area is 156 Å². The van der Waals surface area contributed by atoms with Crippen molar-refractivity contribution in [2.75, 3.05) is 20.1 Å². The molecule has 3 N–H and O–H groups in total. The fourth-order valence-corrected chi connectivity index (χ4v) is 2.99. The summed E-state index contributed by atoms with van der Waals surface area (Å²) in [4.78, 5) is 24.1. The Kier molecular flexibility index (Phi) is 7.70. The first-order valence-corrected chi connectivity index (χ1v) is 8.37. The summed E-state index contributed by atoms with van der Waals surface area (Å²) in [6, 6.07) is 10.0. The predicted molar refractivity (Wildman–Crippen MR) is 102 cm³/mol. The third-order valence-corrected chi connectivity index (χ3v) is 4.19. The Balaban J connectivity index is 0.000000379. The molecule has 0 bridgehead atoms. The molecule has 25 heavy (non-hydrogen) atoms. The molecule has 3 amide bonds. The smallest absolute Gasteiger partial charge is 0.314 e. The van der Waals surface area contributed by atoms with Gasteiger partial charge in [-0.3, -0.25) is 10.1 Å². The molecular formula is C18H29ClN4O2. The number of carbonyl (C=O) groups is 2. The van der Waals surface area contributed by atoms with Crippen LogP contribution in [0.2, 0.25) is 0 Å². The zero-order chi connectivity index (χ0) is 17.7. The van der Waals surface area contributed by atoms with Crippen LogP contribution in [0.5, 0.6) is 0 Å². The average molecular weight is 369 g/mol. The minimum absolute atomic E-state index is 0. The fourth-order valence-electron chi connectivity index (χ4n) is 2.99. The van der Waals surface area contributed by atoms with E-state index in [0.717, 1.165) is 19.5 Å². The molecule has 6 nitrogen and oxygen atoms in total. The molecule has 3 rings (SSSR count). The molecule has 0 radical (unpaired) electrons. The van der Waals surface area contributed by atoms with Crippen LogP contribution in [0, 0.1) is 5.41 Å². The lowest BCUT2D eigenvalue weighted by molar-refractivity contribution is -0.129. The van der Waals surface area contributed by atoms with Gasteiger partial charge in [0.2, 0.25) is 5.91 Å². The molecule has 140 valence electrons. The van der Waals surface area contributed by atoms with Crippen molar-refractivity contribution in [3.63, 3.8) is 0 Å². The van der Waals surface area contributed by atoms with Gasteiger partial charge < -0.3 is 15.5 Å². The summed E-state index contributed by atoms with van der Waals surface area (Å²) in [5.41, 5.74) is 1.25. The Bertz CT molecular complexity index is 566. The summed E-state index contributed by atoms with van der Waals surface area (Å²) in [6.45, 7) is 8.01. The van der Waals surface area contributed by atoms with Crippen molar-refractivity contribution in [3.8, 4) is 0 Å². The summed E-state index contributed by atoms with van der Waals surface area (Å²) in [6.07, 6.45) is 0.870. The summed E-state index contributed by atoms with van der Waals surface area (Å²) in [5, 5.41) is 8.59. The first kappa shape index (κ1) is 21.3. The molecule has 0 aromatic heterocycles. The predicted octanol–water partition coefficient (Wildman–Crippen LogP) is 1.75. The highest BCUT2D eigenvalue weighted by atomic mass is 35.5. The topological polar surface area (TPSA) is 73.5 Å². The van der Waals surface area contributed by atoms with Gasteiger partial charge in [0.15, 0.2) is 0 Å². The number of amides is 3. The second kappa shape index (κ2) is 9.06.